The van der Waals surface area contributed by atoms with E-state index in [4.69, 9.17) is 9.15 Å². The first-order chi connectivity index (χ1) is 7.27. The molecule has 1 heterocycles. The van der Waals surface area contributed by atoms with Crippen LogP contribution in [0.1, 0.15) is 5.56 Å². The number of hydrogen-bond donors (Lipinski definition) is 1. The lowest BCUT2D eigenvalue weighted by atomic mass is 10.2. The van der Waals surface area contributed by atoms with Crippen LogP contribution in [0, 0.1) is 0 Å². The third kappa shape index (κ3) is 4.03. The zero-order valence-corrected chi connectivity index (χ0v) is 9.69. The Hall–Kier alpha value is -0.840. The van der Waals surface area contributed by atoms with Gasteiger partial charge in [-0.1, -0.05) is 0 Å². The molecule has 15 heavy (non-hydrogen) atoms. The van der Waals surface area contributed by atoms with Crippen molar-refractivity contribution in [2.24, 2.45) is 0 Å². The van der Waals surface area contributed by atoms with Crippen LogP contribution >= 0.6 is 0 Å². The van der Waals surface area contributed by atoms with Gasteiger partial charge in [0, 0.05) is 31.8 Å². The lowest BCUT2D eigenvalue weighted by molar-refractivity contribution is 0.102. The molecule has 1 unspecified atom stereocenters. The molecular formula is C11H20N2O2. The third-order valence-corrected chi connectivity index (χ3v) is 2.43. The van der Waals surface area contributed by atoms with E-state index in [1.54, 1.807) is 19.6 Å². The second-order valence-corrected chi connectivity index (χ2v) is 3.71. The van der Waals surface area contributed by atoms with Crippen LogP contribution in [0.4, 0.5) is 0 Å². The van der Waals surface area contributed by atoms with E-state index in [-0.39, 0.29) is 0 Å². The van der Waals surface area contributed by atoms with Gasteiger partial charge >= 0.3 is 0 Å². The van der Waals surface area contributed by atoms with Crippen LogP contribution in [0.5, 0.6) is 0 Å². The van der Waals surface area contributed by atoms with E-state index in [9.17, 15) is 0 Å². The molecule has 1 N–H and O–H groups in total. The van der Waals surface area contributed by atoms with Gasteiger partial charge in [0.2, 0.25) is 0 Å². The van der Waals surface area contributed by atoms with Crippen molar-refractivity contribution in [3.05, 3.63) is 24.2 Å². The maximum absolute atomic E-state index is 5.19. The summed E-state index contributed by atoms with van der Waals surface area (Å²) in [6, 6.07) is 2.37. The molecule has 1 aromatic heterocycles. The van der Waals surface area contributed by atoms with Crippen molar-refractivity contribution in [1.29, 1.82) is 0 Å². The Balaban J connectivity index is 2.44. The zero-order chi connectivity index (χ0) is 11.1. The predicted molar refractivity (Wildman–Crippen MR) is 59.8 cm³/mol. The molecule has 0 amide bonds. The molecule has 1 atom stereocenters. The van der Waals surface area contributed by atoms with Gasteiger partial charge < -0.3 is 14.5 Å². The van der Waals surface area contributed by atoms with Gasteiger partial charge in [-0.05, 0) is 20.2 Å². The molecule has 0 aliphatic heterocycles. The molecule has 0 saturated heterocycles. The average Bonchev–Trinajstić information content (AvgIpc) is 2.70. The van der Waals surface area contributed by atoms with Crippen LogP contribution in [0.15, 0.2) is 23.0 Å². The topological polar surface area (TPSA) is 37.6 Å². The van der Waals surface area contributed by atoms with Crippen LogP contribution in [0.2, 0.25) is 0 Å². The highest BCUT2D eigenvalue weighted by Crippen LogP contribution is 2.06. The Bertz CT molecular complexity index is 243. The summed E-state index contributed by atoms with van der Waals surface area (Å²) in [6.45, 7) is 2.53. The molecule has 0 fully saturated rings. The SMILES string of the molecule is CNCC(COC)N(C)Cc1ccoc1. The first-order valence-electron chi connectivity index (χ1n) is 5.12. The quantitative estimate of drug-likeness (QED) is 0.730. The highest BCUT2D eigenvalue weighted by molar-refractivity contribution is 5.05. The summed E-state index contributed by atoms with van der Waals surface area (Å²) < 4.78 is 10.2. The van der Waals surface area contributed by atoms with E-state index in [0.29, 0.717) is 6.04 Å². The number of nitrogens with one attached hydrogen (secondary N) is 1. The van der Waals surface area contributed by atoms with Gasteiger partial charge in [-0.2, -0.15) is 0 Å². The summed E-state index contributed by atoms with van der Waals surface area (Å²) in [5, 5.41) is 3.17. The predicted octanol–water partition coefficient (Wildman–Crippen LogP) is 0.946. The lowest BCUT2D eigenvalue weighted by Crippen LogP contribution is -2.41. The second-order valence-electron chi connectivity index (χ2n) is 3.71. The van der Waals surface area contributed by atoms with Crippen LogP contribution in [0.25, 0.3) is 0 Å². The minimum absolute atomic E-state index is 0.384. The van der Waals surface area contributed by atoms with Crippen molar-refractivity contribution >= 4 is 0 Å². The van der Waals surface area contributed by atoms with Crippen LogP contribution in [-0.4, -0.2) is 45.3 Å². The van der Waals surface area contributed by atoms with E-state index in [1.807, 2.05) is 13.1 Å². The summed E-state index contributed by atoms with van der Waals surface area (Å²) in [7, 11) is 5.77. The Morgan fingerprint density at radius 3 is 2.93 bits per heavy atom. The van der Waals surface area contributed by atoms with Gasteiger partial charge in [-0.15, -0.1) is 0 Å². The van der Waals surface area contributed by atoms with Crippen molar-refractivity contribution in [1.82, 2.24) is 10.2 Å². The molecule has 0 aliphatic rings. The molecule has 0 radical (unpaired) electrons. The largest absolute Gasteiger partial charge is 0.472 e. The maximum Gasteiger partial charge on any atom is 0.0947 e. The number of methoxy groups -OCH3 is 1. The molecule has 1 aromatic rings. The Morgan fingerprint density at radius 2 is 2.40 bits per heavy atom. The first-order valence-corrected chi connectivity index (χ1v) is 5.12. The molecule has 0 saturated carbocycles. The number of furan rings is 1. The standard InChI is InChI=1S/C11H20N2O2/c1-12-6-11(9-14-3)13(2)7-10-4-5-15-8-10/h4-5,8,11-12H,6-7,9H2,1-3H3. The zero-order valence-electron chi connectivity index (χ0n) is 9.69. The normalized spacial score (nSPS) is 13.3. The summed E-state index contributed by atoms with van der Waals surface area (Å²) in [5.74, 6) is 0. The van der Waals surface area contributed by atoms with Crippen molar-refractivity contribution in [2.45, 2.75) is 12.6 Å². The minimum atomic E-state index is 0.384. The van der Waals surface area contributed by atoms with Crippen molar-refractivity contribution in [2.75, 3.05) is 34.4 Å². The molecule has 0 aromatic carbocycles. The van der Waals surface area contributed by atoms with Crippen LogP contribution in [-0.2, 0) is 11.3 Å². The molecule has 0 bridgehead atoms. The lowest BCUT2D eigenvalue weighted by Gasteiger charge is -2.26. The molecule has 0 aliphatic carbocycles. The van der Waals surface area contributed by atoms with Gasteiger partial charge in [-0.3, -0.25) is 4.90 Å². The number of ether oxygens (including phenoxy) is 1. The van der Waals surface area contributed by atoms with Crippen molar-refractivity contribution < 1.29 is 9.15 Å². The fourth-order valence-electron chi connectivity index (χ4n) is 1.57. The average molecular weight is 212 g/mol. The van der Waals surface area contributed by atoms with E-state index in [0.717, 1.165) is 19.7 Å². The molecule has 0 spiro atoms. The Morgan fingerprint density at radius 1 is 1.60 bits per heavy atom. The van der Waals surface area contributed by atoms with Gasteiger partial charge in [0.25, 0.3) is 0 Å². The van der Waals surface area contributed by atoms with Gasteiger partial charge in [0.05, 0.1) is 19.1 Å². The number of likely N-dealkylation sites (N-methyl/N-ethyl adjacent to an activating group) is 2. The van der Waals surface area contributed by atoms with E-state index in [1.165, 1.54) is 5.56 Å². The molecule has 4 heteroatoms. The van der Waals surface area contributed by atoms with Crippen molar-refractivity contribution in [3.8, 4) is 0 Å². The second kappa shape index (κ2) is 6.61. The fraction of sp³-hybridized carbons (Fsp3) is 0.636. The van der Waals surface area contributed by atoms with Crippen molar-refractivity contribution in [3.63, 3.8) is 0 Å². The summed E-state index contributed by atoms with van der Waals surface area (Å²) in [4.78, 5) is 2.25. The summed E-state index contributed by atoms with van der Waals surface area (Å²) in [6.07, 6.45) is 3.48. The summed E-state index contributed by atoms with van der Waals surface area (Å²) in [5.41, 5.74) is 1.19. The number of rotatable bonds is 7. The highest BCUT2D eigenvalue weighted by atomic mass is 16.5. The van der Waals surface area contributed by atoms with Crippen LogP contribution in [0.3, 0.4) is 0 Å². The van der Waals surface area contributed by atoms with Crippen LogP contribution < -0.4 is 5.32 Å². The first kappa shape index (κ1) is 12.2. The van der Waals surface area contributed by atoms with E-state index >= 15 is 0 Å². The molecular weight excluding hydrogens is 192 g/mol. The Labute approximate surface area is 91.2 Å². The smallest absolute Gasteiger partial charge is 0.0947 e. The molecule has 86 valence electrons. The monoisotopic (exact) mass is 212 g/mol. The van der Waals surface area contributed by atoms with E-state index in [2.05, 4.69) is 17.3 Å². The van der Waals surface area contributed by atoms with Gasteiger partial charge in [0.15, 0.2) is 0 Å². The van der Waals surface area contributed by atoms with E-state index < -0.39 is 0 Å². The third-order valence-electron chi connectivity index (χ3n) is 2.43. The Kier molecular flexibility index (Phi) is 5.39. The molecule has 1 rings (SSSR count). The van der Waals surface area contributed by atoms with Gasteiger partial charge in [0.1, 0.15) is 0 Å². The minimum Gasteiger partial charge on any atom is -0.472 e. The number of hydrogen-bond acceptors (Lipinski definition) is 4. The maximum atomic E-state index is 5.19. The highest BCUT2D eigenvalue weighted by Gasteiger charge is 2.14. The molecule has 4 nitrogen and oxygen atoms in total. The number of nitrogens with zero attached hydrogens (tertiary/aromatic N) is 1. The van der Waals surface area contributed by atoms with Gasteiger partial charge in [-0.25, -0.2) is 0 Å². The summed E-state index contributed by atoms with van der Waals surface area (Å²) >= 11 is 0. The fourth-order valence-corrected chi connectivity index (χ4v) is 1.57.